The Balaban J connectivity index is 2.00. The van der Waals surface area contributed by atoms with Crippen molar-refractivity contribution in [2.24, 2.45) is 5.92 Å². The van der Waals surface area contributed by atoms with Gasteiger partial charge in [0.1, 0.15) is 0 Å². The zero-order valence-electron chi connectivity index (χ0n) is 8.00. The number of rotatable bonds is 0. The highest BCUT2D eigenvalue weighted by Gasteiger charge is 2.39. The lowest BCUT2D eigenvalue weighted by Gasteiger charge is -2.12. The summed E-state index contributed by atoms with van der Waals surface area (Å²) >= 11 is 0. The number of hydrogen-bond donors (Lipinski definition) is 0. The van der Waals surface area contributed by atoms with Crippen LogP contribution in [0.2, 0.25) is 0 Å². The fourth-order valence-corrected chi connectivity index (χ4v) is 2.79. The standard InChI is InChI=1S/C13H16/c1-2-7-11-9-13(11)12-8-4-3-6-10(12)5-1/h3-4,6,8,11,13H,1-2,5,7,9H2. The van der Waals surface area contributed by atoms with Crippen molar-refractivity contribution in [2.75, 3.05) is 0 Å². The van der Waals surface area contributed by atoms with Crippen LogP contribution in [0.3, 0.4) is 0 Å². The van der Waals surface area contributed by atoms with Crippen LogP contribution in [0.1, 0.15) is 42.7 Å². The molecule has 1 aromatic carbocycles. The van der Waals surface area contributed by atoms with Gasteiger partial charge >= 0.3 is 0 Å². The fraction of sp³-hybridized carbons (Fsp3) is 0.538. The van der Waals surface area contributed by atoms with E-state index in [0.717, 1.165) is 11.8 Å². The molecule has 0 amide bonds. The van der Waals surface area contributed by atoms with E-state index < -0.39 is 0 Å². The minimum absolute atomic E-state index is 0.941. The molecule has 0 nitrogen and oxygen atoms in total. The van der Waals surface area contributed by atoms with E-state index in [9.17, 15) is 0 Å². The highest BCUT2D eigenvalue weighted by molar-refractivity contribution is 5.35. The van der Waals surface area contributed by atoms with Crippen molar-refractivity contribution < 1.29 is 0 Å². The predicted octanol–water partition coefficient (Wildman–Crippen LogP) is 3.52. The molecular weight excluding hydrogens is 156 g/mol. The second-order valence-corrected chi connectivity index (χ2v) is 4.55. The fourth-order valence-electron chi connectivity index (χ4n) is 2.79. The van der Waals surface area contributed by atoms with Crippen molar-refractivity contribution in [1.29, 1.82) is 0 Å². The summed E-state index contributed by atoms with van der Waals surface area (Å²) in [6, 6.07) is 9.08. The first-order valence-corrected chi connectivity index (χ1v) is 5.53. The van der Waals surface area contributed by atoms with Crippen LogP contribution in [-0.2, 0) is 6.42 Å². The summed E-state index contributed by atoms with van der Waals surface area (Å²) in [4.78, 5) is 0. The molecule has 2 atom stereocenters. The maximum absolute atomic E-state index is 2.35. The SMILES string of the molecule is c1ccc2c(c1)CCCCC1CC21. The molecule has 0 aliphatic heterocycles. The number of hydrogen-bond acceptors (Lipinski definition) is 0. The molecule has 1 fully saturated rings. The number of aryl methyl sites for hydroxylation is 1. The van der Waals surface area contributed by atoms with Gasteiger partial charge in [0.05, 0.1) is 0 Å². The number of fused-ring (bicyclic) bond motifs is 3. The van der Waals surface area contributed by atoms with Gasteiger partial charge in [0, 0.05) is 0 Å². The van der Waals surface area contributed by atoms with E-state index in [-0.39, 0.29) is 0 Å². The zero-order chi connectivity index (χ0) is 8.67. The molecule has 0 N–H and O–H groups in total. The Morgan fingerprint density at radius 1 is 1.08 bits per heavy atom. The maximum Gasteiger partial charge on any atom is -0.0128 e. The molecule has 0 aromatic heterocycles. The van der Waals surface area contributed by atoms with Crippen LogP contribution in [0.4, 0.5) is 0 Å². The average Bonchev–Trinajstić information content (AvgIpc) is 2.88. The molecule has 13 heavy (non-hydrogen) atoms. The molecule has 2 aliphatic carbocycles. The summed E-state index contributed by atoms with van der Waals surface area (Å²) in [7, 11) is 0. The summed E-state index contributed by atoms with van der Waals surface area (Å²) in [5.41, 5.74) is 3.31. The van der Waals surface area contributed by atoms with Gasteiger partial charge in [-0.15, -0.1) is 0 Å². The van der Waals surface area contributed by atoms with Gasteiger partial charge < -0.3 is 0 Å². The molecule has 0 bridgehead atoms. The smallest absolute Gasteiger partial charge is 0.0128 e. The van der Waals surface area contributed by atoms with E-state index in [1.807, 2.05) is 0 Å². The van der Waals surface area contributed by atoms with E-state index in [2.05, 4.69) is 24.3 Å². The molecule has 1 aromatic rings. The van der Waals surface area contributed by atoms with Crippen LogP contribution in [0.5, 0.6) is 0 Å². The minimum atomic E-state index is 0.941. The Morgan fingerprint density at radius 3 is 3.00 bits per heavy atom. The van der Waals surface area contributed by atoms with Crippen LogP contribution in [-0.4, -0.2) is 0 Å². The largest absolute Gasteiger partial charge is 0.0620 e. The van der Waals surface area contributed by atoms with E-state index in [1.54, 1.807) is 11.1 Å². The molecule has 2 unspecified atom stereocenters. The minimum Gasteiger partial charge on any atom is -0.0620 e. The molecule has 0 heterocycles. The summed E-state index contributed by atoms with van der Waals surface area (Å²) in [6.07, 6.45) is 7.13. The number of benzene rings is 1. The molecule has 1 saturated carbocycles. The van der Waals surface area contributed by atoms with E-state index >= 15 is 0 Å². The van der Waals surface area contributed by atoms with E-state index in [4.69, 9.17) is 0 Å². The Hall–Kier alpha value is -0.780. The molecule has 0 spiro atoms. The highest BCUT2D eigenvalue weighted by atomic mass is 14.4. The highest BCUT2D eigenvalue weighted by Crippen LogP contribution is 2.52. The van der Waals surface area contributed by atoms with E-state index in [1.165, 1.54) is 32.1 Å². The summed E-state index contributed by atoms with van der Waals surface area (Å²) in [6.45, 7) is 0. The molecule has 0 saturated heterocycles. The van der Waals surface area contributed by atoms with Crippen molar-refractivity contribution in [3.8, 4) is 0 Å². The molecule has 2 aliphatic rings. The van der Waals surface area contributed by atoms with E-state index in [0.29, 0.717) is 0 Å². The van der Waals surface area contributed by atoms with Crippen molar-refractivity contribution >= 4 is 0 Å². The molecule has 0 radical (unpaired) electrons. The Kier molecular flexibility index (Phi) is 1.68. The van der Waals surface area contributed by atoms with Gasteiger partial charge in [0.25, 0.3) is 0 Å². The van der Waals surface area contributed by atoms with Crippen LogP contribution in [0.25, 0.3) is 0 Å². The van der Waals surface area contributed by atoms with Crippen molar-refractivity contribution in [3.63, 3.8) is 0 Å². The first-order chi connectivity index (χ1) is 6.45. The van der Waals surface area contributed by atoms with Crippen molar-refractivity contribution in [3.05, 3.63) is 35.4 Å². The zero-order valence-corrected chi connectivity index (χ0v) is 8.00. The maximum atomic E-state index is 2.35. The summed E-state index contributed by atoms with van der Waals surface area (Å²) in [5.74, 6) is 1.98. The van der Waals surface area contributed by atoms with Gasteiger partial charge in [-0.3, -0.25) is 0 Å². The third-order valence-corrected chi connectivity index (χ3v) is 3.65. The summed E-state index contributed by atoms with van der Waals surface area (Å²) < 4.78 is 0. The normalized spacial score (nSPS) is 31.1. The Bertz CT molecular complexity index is 314. The Labute approximate surface area is 80.0 Å². The molecular formula is C13H16. The quantitative estimate of drug-likeness (QED) is 0.561. The van der Waals surface area contributed by atoms with Crippen LogP contribution in [0, 0.1) is 5.92 Å². The van der Waals surface area contributed by atoms with Crippen LogP contribution < -0.4 is 0 Å². The monoisotopic (exact) mass is 172 g/mol. The predicted molar refractivity (Wildman–Crippen MR) is 54.8 cm³/mol. The van der Waals surface area contributed by atoms with Crippen molar-refractivity contribution in [1.82, 2.24) is 0 Å². The first kappa shape index (κ1) is 7.61. The van der Waals surface area contributed by atoms with Gasteiger partial charge in [-0.25, -0.2) is 0 Å². The van der Waals surface area contributed by atoms with Crippen LogP contribution in [0.15, 0.2) is 24.3 Å². The van der Waals surface area contributed by atoms with Gasteiger partial charge in [-0.05, 0) is 48.6 Å². The third-order valence-electron chi connectivity index (χ3n) is 3.65. The second-order valence-electron chi connectivity index (χ2n) is 4.55. The topological polar surface area (TPSA) is 0 Å². The average molecular weight is 172 g/mol. The van der Waals surface area contributed by atoms with Crippen LogP contribution >= 0.6 is 0 Å². The first-order valence-electron chi connectivity index (χ1n) is 5.53. The van der Waals surface area contributed by atoms with Gasteiger partial charge in [-0.2, -0.15) is 0 Å². The Morgan fingerprint density at radius 2 is 2.00 bits per heavy atom. The lowest BCUT2D eigenvalue weighted by molar-refractivity contribution is 0.600. The lowest BCUT2D eigenvalue weighted by atomic mass is 9.93. The lowest BCUT2D eigenvalue weighted by Crippen LogP contribution is -1.97. The van der Waals surface area contributed by atoms with Crippen molar-refractivity contribution in [2.45, 2.75) is 38.0 Å². The molecule has 0 heteroatoms. The molecule has 68 valence electrons. The second kappa shape index (κ2) is 2.87. The van der Waals surface area contributed by atoms with Gasteiger partial charge in [0.2, 0.25) is 0 Å². The van der Waals surface area contributed by atoms with Gasteiger partial charge in [-0.1, -0.05) is 30.7 Å². The molecule has 3 rings (SSSR count). The summed E-state index contributed by atoms with van der Waals surface area (Å²) in [5, 5.41) is 0. The van der Waals surface area contributed by atoms with Gasteiger partial charge in [0.15, 0.2) is 0 Å². The third kappa shape index (κ3) is 1.29.